The molecule has 0 fully saturated rings. The number of rotatable bonds is 8. The molecule has 7 heteroatoms. The maximum absolute atomic E-state index is 13.6. The molecule has 0 aliphatic carbocycles. The van der Waals surface area contributed by atoms with E-state index in [9.17, 15) is 9.18 Å². The third kappa shape index (κ3) is 5.03. The Labute approximate surface area is 162 Å². The second-order valence-corrected chi connectivity index (χ2v) is 6.06. The molecular weight excluding hydrogens is 359 g/mol. The molecule has 0 aliphatic heterocycles. The molecule has 1 heterocycles. The van der Waals surface area contributed by atoms with Crippen LogP contribution in [0.3, 0.4) is 0 Å². The number of carbonyl (C=O) groups excluding carboxylic acids is 1. The maximum atomic E-state index is 13.6. The van der Waals surface area contributed by atoms with Crippen LogP contribution in [0.25, 0.3) is 0 Å². The van der Waals surface area contributed by atoms with Crippen molar-refractivity contribution in [3.8, 4) is 5.75 Å². The summed E-state index contributed by atoms with van der Waals surface area (Å²) in [5.74, 6) is 0.560. The number of hydrogen-bond donors (Lipinski definition) is 2. The van der Waals surface area contributed by atoms with Gasteiger partial charge in [-0.05, 0) is 24.1 Å². The minimum atomic E-state index is -0.358. The summed E-state index contributed by atoms with van der Waals surface area (Å²) >= 11 is 0. The van der Waals surface area contributed by atoms with E-state index < -0.39 is 0 Å². The predicted octanol–water partition coefficient (Wildman–Crippen LogP) is 3.21. The van der Waals surface area contributed by atoms with Gasteiger partial charge in [0.25, 0.3) is 5.91 Å². The van der Waals surface area contributed by atoms with E-state index in [1.807, 2.05) is 24.3 Å². The fraction of sp³-hybridized carbons (Fsp3) is 0.190. The van der Waals surface area contributed by atoms with Gasteiger partial charge in [-0.25, -0.2) is 14.4 Å². The van der Waals surface area contributed by atoms with Crippen molar-refractivity contribution in [2.45, 2.75) is 13.0 Å². The highest BCUT2D eigenvalue weighted by Gasteiger charge is 2.09. The lowest BCUT2D eigenvalue weighted by molar-refractivity contribution is 0.0950. The Hall–Kier alpha value is -3.48. The Morgan fingerprint density at radius 1 is 1.04 bits per heavy atom. The number of ether oxygens (including phenoxy) is 1. The maximum Gasteiger partial charge on any atom is 0.254 e. The van der Waals surface area contributed by atoms with Gasteiger partial charge in [-0.3, -0.25) is 4.79 Å². The normalized spacial score (nSPS) is 10.4. The van der Waals surface area contributed by atoms with E-state index >= 15 is 0 Å². The fourth-order valence-corrected chi connectivity index (χ4v) is 2.67. The molecule has 0 atom stereocenters. The number of nitrogens with one attached hydrogen (secondary N) is 2. The quantitative estimate of drug-likeness (QED) is 0.628. The second kappa shape index (κ2) is 9.45. The fourth-order valence-electron chi connectivity index (χ4n) is 2.67. The van der Waals surface area contributed by atoms with Crippen LogP contribution in [0.1, 0.15) is 21.5 Å². The average molecular weight is 380 g/mol. The molecule has 6 nitrogen and oxygen atoms in total. The molecule has 0 radical (unpaired) electrons. The van der Waals surface area contributed by atoms with E-state index in [1.165, 1.54) is 18.5 Å². The topological polar surface area (TPSA) is 76.1 Å². The van der Waals surface area contributed by atoms with Crippen LogP contribution in [0.5, 0.6) is 5.75 Å². The van der Waals surface area contributed by atoms with Crippen molar-refractivity contribution in [3.63, 3.8) is 0 Å². The summed E-state index contributed by atoms with van der Waals surface area (Å²) in [5.41, 5.74) is 1.82. The lowest BCUT2D eigenvalue weighted by atomic mass is 10.1. The summed E-state index contributed by atoms with van der Waals surface area (Å²) in [4.78, 5) is 20.5. The second-order valence-electron chi connectivity index (χ2n) is 6.06. The van der Waals surface area contributed by atoms with E-state index in [-0.39, 0.29) is 18.3 Å². The summed E-state index contributed by atoms with van der Waals surface area (Å²) in [5, 5.41) is 5.78. The molecule has 0 spiro atoms. The number of nitrogens with zero attached hydrogens (tertiary/aromatic N) is 2. The summed E-state index contributed by atoms with van der Waals surface area (Å²) in [7, 11) is 1.64. The molecule has 1 aromatic heterocycles. The zero-order chi connectivity index (χ0) is 19.8. The van der Waals surface area contributed by atoms with E-state index in [4.69, 9.17) is 4.74 Å². The highest BCUT2D eigenvalue weighted by Crippen LogP contribution is 2.17. The Bertz CT molecular complexity index is 932. The molecule has 0 saturated heterocycles. The Balaban J connectivity index is 1.50. The molecule has 0 saturated carbocycles. The van der Waals surface area contributed by atoms with Crippen molar-refractivity contribution in [1.29, 1.82) is 0 Å². The number of para-hydroxylation sites is 1. The van der Waals surface area contributed by atoms with Crippen molar-refractivity contribution in [2.75, 3.05) is 19.0 Å². The van der Waals surface area contributed by atoms with Crippen LogP contribution in [0.4, 0.5) is 10.3 Å². The van der Waals surface area contributed by atoms with E-state index in [0.29, 0.717) is 23.6 Å². The molecule has 2 aromatic carbocycles. The first-order chi connectivity index (χ1) is 13.7. The van der Waals surface area contributed by atoms with Gasteiger partial charge >= 0.3 is 0 Å². The molecule has 0 bridgehead atoms. The number of aromatic nitrogens is 2. The van der Waals surface area contributed by atoms with Crippen LogP contribution in [-0.4, -0.2) is 29.5 Å². The summed E-state index contributed by atoms with van der Waals surface area (Å²) in [6, 6.07) is 14.1. The molecule has 144 valence electrons. The number of benzene rings is 2. The number of halogens is 1. The van der Waals surface area contributed by atoms with E-state index in [0.717, 1.165) is 17.7 Å². The monoisotopic (exact) mass is 380 g/mol. The SMILES string of the molecule is COc1ccccc1CCNc1ncc(C(=O)NCc2ccccc2F)cn1. The summed E-state index contributed by atoms with van der Waals surface area (Å²) in [6.45, 7) is 0.726. The van der Waals surface area contributed by atoms with Gasteiger partial charge in [-0.15, -0.1) is 0 Å². The predicted molar refractivity (Wildman–Crippen MR) is 105 cm³/mol. The zero-order valence-electron chi connectivity index (χ0n) is 15.5. The van der Waals surface area contributed by atoms with Crippen LogP contribution in [-0.2, 0) is 13.0 Å². The van der Waals surface area contributed by atoms with Crippen LogP contribution in [0, 0.1) is 5.82 Å². The number of amides is 1. The van der Waals surface area contributed by atoms with Crippen molar-refractivity contribution in [2.24, 2.45) is 0 Å². The third-order valence-corrected chi connectivity index (χ3v) is 4.18. The number of carbonyl (C=O) groups is 1. The van der Waals surface area contributed by atoms with Crippen molar-refractivity contribution in [1.82, 2.24) is 15.3 Å². The molecule has 3 aromatic rings. The first-order valence-electron chi connectivity index (χ1n) is 8.87. The van der Waals surface area contributed by atoms with Crippen LogP contribution >= 0.6 is 0 Å². The number of methoxy groups -OCH3 is 1. The van der Waals surface area contributed by atoms with Crippen LogP contribution in [0.15, 0.2) is 60.9 Å². The smallest absolute Gasteiger partial charge is 0.254 e. The van der Waals surface area contributed by atoms with Gasteiger partial charge in [0.1, 0.15) is 11.6 Å². The Morgan fingerprint density at radius 3 is 2.43 bits per heavy atom. The minimum absolute atomic E-state index is 0.102. The van der Waals surface area contributed by atoms with Gasteiger partial charge in [0.05, 0.1) is 12.7 Å². The molecule has 1 amide bonds. The third-order valence-electron chi connectivity index (χ3n) is 4.18. The molecule has 0 aliphatic rings. The van der Waals surface area contributed by atoms with Crippen molar-refractivity contribution >= 4 is 11.9 Å². The molecule has 0 unspecified atom stereocenters. The van der Waals surface area contributed by atoms with Gasteiger partial charge in [-0.1, -0.05) is 36.4 Å². The van der Waals surface area contributed by atoms with Crippen molar-refractivity contribution in [3.05, 3.63) is 83.4 Å². The highest BCUT2D eigenvalue weighted by molar-refractivity contribution is 5.93. The summed E-state index contributed by atoms with van der Waals surface area (Å²) < 4.78 is 18.9. The van der Waals surface area contributed by atoms with Crippen LogP contribution < -0.4 is 15.4 Å². The van der Waals surface area contributed by atoms with Gasteiger partial charge < -0.3 is 15.4 Å². The lowest BCUT2D eigenvalue weighted by Gasteiger charge is -2.09. The standard InChI is InChI=1S/C21H21FN4O2/c1-28-19-9-5-3-6-15(19)10-11-23-21-25-13-17(14-26-21)20(27)24-12-16-7-2-4-8-18(16)22/h2-9,13-14H,10-12H2,1H3,(H,24,27)(H,23,25,26). The molecule has 2 N–H and O–H groups in total. The average Bonchev–Trinajstić information content (AvgIpc) is 2.74. The van der Waals surface area contributed by atoms with Gasteiger partial charge in [0, 0.05) is 31.0 Å². The van der Waals surface area contributed by atoms with Gasteiger partial charge in [0.15, 0.2) is 0 Å². The first kappa shape index (κ1) is 19.3. The van der Waals surface area contributed by atoms with E-state index in [2.05, 4.69) is 20.6 Å². The highest BCUT2D eigenvalue weighted by atomic mass is 19.1. The van der Waals surface area contributed by atoms with E-state index in [1.54, 1.807) is 25.3 Å². The largest absolute Gasteiger partial charge is 0.496 e. The number of anilines is 1. The first-order valence-corrected chi connectivity index (χ1v) is 8.87. The van der Waals surface area contributed by atoms with Crippen molar-refractivity contribution < 1.29 is 13.9 Å². The summed E-state index contributed by atoms with van der Waals surface area (Å²) in [6.07, 6.45) is 3.63. The molecule has 28 heavy (non-hydrogen) atoms. The molecular formula is C21H21FN4O2. The van der Waals surface area contributed by atoms with Gasteiger partial charge in [0.2, 0.25) is 5.95 Å². The van der Waals surface area contributed by atoms with Gasteiger partial charge in [-0.2, -0.15) is 0 Å². The Morgan fingerprint density at radius 2 is 1.71 bits per heavy atom. The minimum Gasteiger partial charge on any atom is -0.496 e. The number of hydrogen-bond acceptors (Lipinski definition) is 5. The molecule has 3 rings (SSSR count). The Kier molecular flexibility index (Phi) is 6.51. The van der Waals surface area contributed by atoms with Crippen LogP contribution in [0.2, 0.25) is 0 Å². The lowest BCUT2D eigenvalue weighted by Crippen LogP contribution is -2.23. The zero-order valence-corrected chi connectivity index (χ0v) is 15.5.